The van der Waals surface area contributed by atoms with Gasteiger partial charge in [0.25, 0.3) is 0 Å². The average Bonchev–Trinajstić information content (AvgIpc) is 2.59. The lowest BCUT2D eigenvalue weighted by Crippen LogP contribution is -2.37. The van der Waals surface area contributed by atoms with Crippen molar-refractivity contribution < 1.29 is 22.7 Å². The molecule has 0 radical (unpaired) electrons. The Morgan fingerprint density at radius 2 is 1.83 bits per heavy atom. The molecule has 0 aliphatic carbocycles. The summed E-state index contributed by atoms with van der Waals surface area (Å²) in [6.07, 6.45) is 1.05. The predicted molar refractivity (Wildman–Crippen MR) is 114 cm³/mol. The first-order valence-electron chi connectivity index (χ1n) is 8.84. The zero-order valence-corrected chi connectivity index (χ0v) is 18.2. The third-order valence-corrected chi connectivity index (χ3v) is 5.50. The van der Waals surface area contributed by atoms with E-state index in [9.17, 15) is 18.0 Å². The van der Waals surface area contributed by atoms with Crippen molar-refractivity contribution in [2.75, 3.05) is 29.0 Å². The van der Waals surface area contributed by atoms with Gasteiger partial charge in [0, 0.05) is 5.69 Å². The number of benzene rings is 2. The number of carbonyl (C=O) groups excluding carboxylic acids is 2. The van der Waals surface area contributed by atoms with Crippen LogP contribution in [0.2, 0.25) is 5.02 Å². The highest BCUT2D eigenvalue weighted by Crippen LogP contribution is 2.25. The molecule has 1 N–H and O–H groups in total. The number of hydrogen-bond donors (Lipinski definition) is 1. The highest BCUT2D eigenvalue weighted by atomic mass is 35.5. The van der Waals surface area contributed by atoms with E-state index in [0.717, 1.165) is 21.7 Å². The summed E-state index contributed by atoms with van der Waals surface area (Å²) in [7, 11) is -3.69. The third-order valence-electron chi connectivity index (χ3n) is 4.06. The SMILES string of the molecule is CCOC(=O)c1ccc(NC(=O)CN(c2ccc(C)cc2C)S(C)(=O)=O)cc1Cl. The summed E-state index contributed by atoms with van der Waals surface area (Å²) in [6.45, 7) is 5.18. The number of amides is 1. The highest BCUT2D eigenvalue weighted by molar-refractivity contribution is 7.92. The number of hydrogen-bond acceptors (Lipinski definition) is 5. The Kier molecular flexibility index (Phi) is 7.26. The lowest BCUT2D eigenvalue weighted by atomic mass is 10.1. The quantitative estimate of drug-likeness (QED) is 0.667. The maximum atomic E-state index is 12.5. The fourth-order valence-electron chi connectivity index (χ4n) is 2.76. The van der Waals surface area contributed by atoms with Crippen LogP contribution < -0.4 is 9.62 Å². The lowest BCUT2D eigenvalue weighted by molar-refractivity contribution is -0.114. The van der Waals surface area contributed by atoms with Crippen molar-refractivity contribution in [3.8, 4) is 0 Å². The van der Waals surface area contributed by atoms with Gasteiger partial charge in [-0.05, 0) is 50.6 Å². The molecule has 2 rings (SSSR count). The summed E-state index contributed by atoms with van der Waals surface area (Å²) < 4.78 is 30.5. The molecular weight excluding hydrogens is 416 g/mol. The molecule has 0 bridgehead atoms. The van der Waals surface area contributed by atoms with E-state index in [4.69, 9.17) is 16.3 Å². The molecule has 0 atom stereocenters. The Labute approximate surface area is 175 Å². The van der Waals surface area contributed by atoms with Crippen molar-refractivity contribution in [1.29, 1.82) is 0 Å². The molecule has 1 amide bonds. The van der Waals surface area contributed by atoms with Crippen LogP contribution in [0.5, 0.6) is 0 Å². The number of aryl methyl sites for hydroxylation is 2. The van der Waals surface area contributed by atoms with Gasteiger partial charge in [0.1, 0.15) is 6.54 Å². The molecule has 0 saturated heterocycles. The van der Waals surface area contributed by atoms with Crippen molar-refractivity contribution in [3.05, 3.63) is 58.1 Å². The van der Waals surface area contributed by atoms with Gasteiger partial charge in [-0.15, -0.1) is 0 Å². The first kappa shape index (κ1) is 22.7. The molecule has 0 aromatic heterocycles. The molecule has 0 saturated carbocycles. The molecule has 2 aromatic carbocycles. The summed E-state index contributed by atoms with van der Waals surface area (Å²) in [5.74, 6) is -1.11. The van der Waals surface area contributed by atoms with Crippen LogP contribution in [0, 0.1) is 13.8 Å². The Morgan fingerprint density at radius 1 is 1.14 bits per heavy atom. The van der Waals surface area contributed by atoms with Gasteiger partial charge in [-0.1, -0.05) is 29.3 Å². The zero-order chi connectivity index (χ0) is 21.8. The number of halogens is 1. The van der Waals surface area contributed by atoms with E-state index >= 15 is 0 Å². The number of nitrogens with one attached hydrogen (secondary N) is 1. The minimum absolute atomic E-state index is 0.121. The molecule has 29 heavy (non-hydrogen) atoms. The summed E-state index contributed by atoms with van der Waals surface area (Å²) in [4.78, 5) is 24.3. The predicted octanol–water partition coefficient (Wildman–Crippen LogP) is 3.54. The summed E-state index contributed by atoms with van der Waals surface area (Å²) in [5, 5.41) is 2.72. The van der Waals surface area contributed by atoms with Gasteiger partial charge < -0.3 is 10.1 Å². The molecule has 0 unspecified atom stereocenters. The number of rotatable bonds is 7. The number of sulfonamides is 1. The van der Waals surface area contributed by atoms with E-state index in [2.05, 4.69) is 5.32 Å². The fraction of sp³-hybridized carbons (Fsp3) is 0.300. The van der Waals surface area contributed by atoms with Crippen LogP contribution in [0.3, 0.4) is 0 Å². The second-order valence-electron chi connectivity index (χ2n) is 6.52. The van der Waals surface area contributed by atoms with E-state index in [0.29, 0.717) is 11.4 Å². The molecule has 0 heterocycles. The molecule has 7 nitrogen and oxygen atoms in total. The monoisotopic (exact) mass is 438 g/mol. The van der Waals surface area contributed by atoms with E-state index in [1.165, 1.54) is 18.2 Å². The Morgan fingerprint density at radius 3 is 2.38 bits per heavy atom. The molecular formula is C20H23ClN2O5S. The molecule has 0 aliphatic rings. The Bertz CT molecular complexity index is 1040. The maximum Gasteiger partial charge on any atom is 0.339 e. The van der Waals surface area contributed by atoms with Gasteiger partial charge in [-0.25, -0.2) is 13.2 Å². The van der Waals surface area contributed by atoms with Crippen molar-refractivity contribution in [2.45, 2.75) is 20.8 Å². The summed E-state index contributed by atoms with van der Waals surface area (Å²) in [6, 6.07) is 9.65. The number of esters is 1. The Balaban J connectivity index is 2.21. The second-order valence-corrected chi connectivity index (χ2v) is 8.84. The Hall–Kier alpha value is -2.58. The van der Waals surface area contributed by atoms with E-state index in [1.54, 1.807) is 26.0 Å². The van der Waals surface area contributed by atoms with E-state index in [-0.39, 0.29) is 17.2 Å². The molecule has 2 aromatic rings. The average molecular weight is 439 g/mol. The van der Waals surface area contributed by atoms with Crippen LogP contribution in [0.4, 0.5) is 11.4 Å². The van der Waals surface area contributed by atoms with Crippen molar-refractivity contribution >= 4 is 44.9 Å². The van der Waals surface area contributed by atoms with E-state index in [1.807, 2.05) is 13.0 Å². The second kappa shape index (κ2) is 9.28. The number of nitrogens with zero attached hydrogens (tertiary/aromatic N) is 1. The number of ether oxygens (including phenoxy) is 1. The van der Waals surface area contributed by atoms with Gasteiger partial charge in [0.15, 0.2) is 0 Å². The first-order chi connectivity index (χ1) is 13.5. The molecule has 0 fully saturated rings. The topological polar surface area (TPSA) is 92.8 Å². The lowest BCUT2D eigenvalue weighted by Gasteiger charge is -2.24. The van der Waals surface area contributed by atoms with E-state index < -0.39 is 28.4 Å². The zero-order valence-electron chi connectivity index (χ0n) is 16.7. The minimum atomic E-state index is -3.69. The summed E-state index contributed by atoms with van der Waals surface area (Å²) in [5.41, 5.74) is 2.68. The van der Waals surface area contributed by atoms with Gasteiger partial charge in [-0.3, -0.25) is 9.10 Å². The van der Waals surface area contributed by atoms with Crippen LogP contribution in [0.15, 0.2) is 36.4 Å². The molecule has 9 heteroatoms. The number of carbonyl (C=O) groups is 2. The molecule has 0 aliphatic heterocycles. The largest absolute Gasteiger partial charge is 0.462 e. The van der Waals surface area contributed by atoms with Crippen LogP contribution in [0.25, 0.3) is 0 Å². The normalized spacial score (nSPS) is 11.1. The van der Waals surface area contributed by atoms with Gasteiger partial charge >= 0.3 is 5.97 Å². The third kappa shape index (κ3) is 5.95. The highest BCUT2D eigenvalue weighted by Gasteiger charge is 2.22. The van der Waals surface area contributed by atoms with Crippen LogP contribution in [-0.2, 0) is 19.6 Å². The van der Waals surface area contributed by atoms with Gasteiger partial charge in [0.05, 0.1) is 29.1 Å². The van der Waals surface area contributed by atoms with Crippen molar-refractivity contribution in [2.24, 2.45) is 0 Å². The van der Waals surface area contributed by atoms with Gasteiger partial charge in [-0.2, -0.15) is 0 Å². The van der Waals surface area contributed by atoms with Gasteiger partial charge in [0.2, 0.25) is 15.9 Å². The molecule has 0 spiro atoms. The number of anilines is 2. The fourth-order valence-corrected chi connectivity index (χ4v) is 3.94. The maximum absolute atomic E-state index is 12.5. The van der Waals surface area contributed by atoms with Crippen molar-refractivity contribution in [1.82, 2.24) is 0 Å². The first-order valence-corrected chi connectivity index (χ1v) is 11.1. The van der Waals surface area contributed by atoms with Crippen molar-refractivity contribution in [3.63, 3.8) is 0 Å². The van der Waals surface area contributed by atoms with Crippen LogP contribution >= 0.6 is 11.6 Å². The molecule has 156 valence electrons. The van der Waals surface area contributed by atoms with Crippen LogP contribution in [-0.4, -0.2) is 39.7 Å². The smallest absolute Gasteiger partial charge is 0.339 e. The standard InChI is InChI=1S/C20H23ClN2O5S/c1-5-28-20(25)16-8-7-15(11-17(16)21)22-19(24)12-23(29(4,26)27)18-9-6-13(2)10-14(18)3/h6-11H,5,12H2,1-4H3,(H,22,24). The summed E-state index contributed by atoms with van der Waals surface area (Å²) >= 11 is 6.09. The van der Waals surface area contributed by atoms with Crippen LogP contribution in [0.1, 0.15) is 28.4 Å². The minimum Gasteiger partial charge on any atom is -0.462 e.